The van der Waals surface area contributed by atoms with E-state index in [9.17, 15) is 4.39 Å². The van der Waals surface area contributed by atoms with Gasteiger partial charge in [0.05, 0.1) is 5.69 Å². The van der Waals surface area contributed by atoms with Gasteiger partial charge in [0.15, 0.2) is 5.16 Å². The molecule has 1 aliphatic carbocycles. The van der Waals surface area contributed by atoms with Crippen molar-refractivity contribution in [2.24, 2.45) is 0 Å². The standard InChI is InChI=1S/C14H14FN3S/c1-19-14-17-12(10-4-2-3-5-11(10)15)8-13(18-14)16-9-6-7-9/h2-5,8-9H,6-7H2,1H3,(H,16,17,18). The van der Waals surface area contributed by atoms with Gasteiger partial charge in [-0.2, -0.15) is 0 Å². The van der Waals surface area contributed by atoms with Crippen LogP contribution in [-0.4, -0.2) is 22.3 Å². The molecular weight excluding hydrogens is 261 g/mol. The lowest BCUT2D eigenvalue weighted by molar-refractivity contribution is 0.630. The van der Waals surface area contributed by atoms with Gasteiger partial charge in [0.2, 0.25) is 0 Å². The molecule has 3 nitrogen and oxygen atoms in total. The molecule has 0 saturated heterocycles. The Labute approximate surface area is 115 Å². The number of nitrogens with zero attached hydrogens (tertiary/aromatic N) is 2. The first-order valence-electron chi connectivity index (χ1n) is 6.21. The number of thioether (sulfide) groups is 1. The van der Waals surface area contributed by atoms with Crippen LogP contribution in [-0.2, 0) is 0 Å². The number of hydrogen-bond acceptors (Lipinski definition) is 4. The van der Waals surface area contributed by atoms with Gasteiger partial charge in [-0.25, -0.2) is 14.4 Å². The highest BCUT2D eigenvalue weighted by molar-refractivity contribution is 7.98. The van der Waals surface area contributed by atoms with Crippen LogP contribution in [0.4, 0.5) is 10.2 Å². The summed E-state index contributed by atoms with van der Waals surface area (Å²) in [5.74, 6) is 0.519. The topological polar surface area (TPSA) is 37.8 Å². The summed E-state index contributed by atoms with van der Waals surface area (Å²) in [6.45, 7) is 0. The largest absolute Gasteiger partial charge is 0.367 e. The third-order valence-corrected chi connectivity index (χ3v) is 3.52. The van der Waals surface area contributed by atoms with Crippen LogP contribution in [0.2, 0.25) is 0 Å². The maximum atomic E-state index is 13.8. The smallest absolute Gasteiger partial charge is 0.189 e. The van der Waals surface area contributed by atoms with E-state index >= 15 is 0 Å². The van der Waals surface area contributed by atoms with Crippen molar-refractivity contribution in [3.8, 4) is 11.3 Å². The number of nitrogens with one attached hydrogen (secondary N) is 1. The average Bonchev–Trinajstić information content (AvgIpc) is 3.22. The normalized spacial score (nSPS) is 14.4. The Morgan fingerprint density at radius 3 is 2.74 bits per heavy atom. The molecule has 1 saturated carbocycles. The summed E-state index contributed by atoms with van der Waals surface area (Å²) in [5, 5.41) is 3.99. The molecule has 0 atom stereocenters. The summed E-state index contributed by atoms with van der Waals surface area (Å²) in [6.07, 6.45) is 4.27. The van der Waals surface area contributed by atoms with E-state index in [1.165, 1.54) is 30.7 Å². The lowest BCUT2D eigenvalue weighted by atomic mass is 10.1. The van der Waals surface area contributed by atoms with Gasteiger partial charge in [0.25, 0.3) is 0 Å². The Kier molecular flexibility index (Phi) is 3.38. The lowest BCUT2D eigenvalue weighted by Crippen LogP contribution is -2.05. The zero-order chi connectivity index (χ0) is 13.2. The Hall–Kier alpha value is -1.62. The van der Waals surface area contributed by atoms with E-state index in [4.69, 9.17) is 0 Å². The highest BCUT2D eigenvalue weighted by atomic mass is 32.2. The Balaban J connectivity index is 2.01. The van der Waals surface area contributed by atoms with Gasteiger partial charge in [0.1, 0.15) is 11.6 Å². The number of anilines is 1. The van der Waals surface area contributed by atoms with Crippen LogP contribution < -0.4 is 5.32 Å². The maximum absolute atomic E-state index is 13.8. The summed E-state index contributed by atoms with van der Waals surface area (Å²) in [6, 6.07) is 9.01. The van der Waals surface area contributed by atoms with Crippen molar-refractivity contribution in [1.29, 1.82) is 0 Å². The summed E-state index contributed by atoms with van der Waals surface area (Å²) < 4.78 is 13.8. The summed E-state index contributed by atoms with van der Waals surface area (Å²) >= 11 is 1.46. The fraction of sp³-hybridized carbons (Fsp3) is 0.286. The third kappa shape index (κ3) is 2.87. The SMILES string of the molecule is CSc1nc(NC2CC2)cc(-c2ccccc2F)n1. The lowest BCUT2D eigenvalue weighted by Gasteiger charge is -2.09. The zero-order valence-corrected chi connectivity index (χ0v) is 11.4. The maximum Gasteiger partial charge on any atom is 0.189 e. The summed E-state index contributed by atoms with van der Waals surface area (Å²) in [5.41, 5.74) is 1.14. The molecule has 1 aromatic carbocycles. The van der Waals surface area contributed by atoms with E-state index in [0.717, 1.165) is 5.82 Å². The second kappa shape index (κ2) is 5.17. The average molecular weight is 275 g/mol. The van der Waals surface area contributed by atoms with Crippen molar-refractivity contribution in [2.75, 3.05) is 11.6 Å². The molecule has 3 rings (SSSR count). The van der Waals surface area contributed by atoms with Gasteiger partial charge in [0, 0.05) is 17.7 Å². The van der Waals surface area contributed by atoms with Crippen LogP contribution >= 0.6 is 11.8 Å². The predicted octanol–water partition coefficient (Wildman–Crippen LogP) is 3.58. The van der Waals surface area contributed by atoms with E-state index < -0.39 is 0 Å². The molecule has 1 aliphatic rings. The monoisotopic (exact) mass is 275 g/mol. The molecule has 98 valence electrons. The van der Waals surface area contributed by atoms with Gasteiger partial charge in [-0.15, -0.1) is 0 Å². The molecule has 1 heterocycles. The van der Waals surface area contributed by atoms with Crippen LogP contribution in [0, 0.1) is 5.82 Å². The Morgan fingerprint density at radius 2 is 2.05 bits per heavy atom. The summed E-state index contributed by atoms with van der Waals surface area (Å²) in [7, 11) is 0. The Morgan fingerprint density at radius 1 is 1.26 bits per heavy atom. The quantitative estimate of drug-likeness (QED) is 0.683. The van der Waals surface area contributed by atoms with Crippen molar-refractivity contribution < 1.29 is 4.39 Å². The van der Waals surface area contributed by atoms with Gasteiger partial charge >= 0.3 is 0 Å². The molecule has 5 heteroatoms. The van der Waals surface area contributed by atoms with Gasteiger partial charge < -0.3 is 5.32 Å². The molecule has 1 fully saturated rings. The van der Waals surface area contributed by atoms with E-state index in [-0.39, 0.29) is 5.82 Å². The first-order valence-corrected chi connectivity index (χ1v) is 7.43. The Bertz CT molecular complexity index is 599. The molecular formula is C14H14FN3S. The number of aromatic nitrogens is 2. The van der Waals surface area contributed by atoms with E-state index in [0.29, 0.717) is 22.5 Å². The number of benzene rings is 1. The summed E-state index contributed by atoms with van der Waals surface area (Å²) in [4.78, 5) is 8.79. The van der Waals surface area contributed by atoms with Gasteiger partial charge in [-0.1, -0.05) is 23.9 Å². The van der Waals surface area contributed by atoms with E-state index in [2.05, 4.69) is 15.3 Å². The second-order valence-corrected chi connectivity index (χ2v) is 5.30. The van der Waals surface area contributed by atoms with Crippen molar-refractivity contribution in [2.45, 2.75) is 24.0 Å². The van der Waals surface area contributed by atoms with Crippen LogP contribution in [0.5, 0.6) is 0 Å². The fourth-order valence-corrected chi connectivity index (χ4v) is 2.21. The van der Waals surface area contributed by atoms with Crippen LogP contribution in [0.25, 0.3) is 11.3 Å². The molecule has 2 aromatic rings. The van der Waals surface area contributed by atoms with Crippen LogP contribution in [0.1, 0.15) is 12.8 Å². The molecule has 0 radical (unpaired) electrons. The van der Waals surface area contributed by atoms with Crippen molar-refractivity contribution >= 4 is 17.6 Å². The highest BCUT2D eigenvalue weighted by Crippen LogP contribution is 2.28. The molecule has 1 aromatic heterocycles. The van der Waals surface area contributed by atoms with Crippen LogP contribution in [0.3, 0.4) is 0 Å². The van der Waals surface area contributed by atoms with Crippen molar-refractivity contribution in [1.82, 2.24) is 9.97 Å². The van der Waals surface area contributed by atoms with Crippen molar-refractivity contribution in [3.63, 3.8) is 0 Å². The van der Waals surface area contributed by atoms with E-state index in [1.807, 2.05) is 18.4 Å². The number of rotatable bonds is 4. The minimum atomic E-state index is -0.259. The molecule has 0 aliphatic heterocycles. The number of halogens is 1. The molecule has 0 bridgehead atoms. The van der Waals surface area contributed by atoms with Crippen molar-refractivity contribution in [3.05, 3.63) is 36.1 Å². The first kappa shape index (κ1) is 12.4. The first-order chi connectivity index (χ1) is 9.26. The van der Waals surface area contributed by atoms with Crippen LogP contribution in [0.15, 0.2) is 35.5 Å². The van der Waals surface area contributed by atoms with Gasteiger partial charge in [-0.05, 0) is 31.2 Å². The van der Waals surface area contributed by atoms with E-state index in [1.54, 1.807) is 12.1 Å². The fourth-order valence-electron chi connectivity index (χ4n) is 1.83. The predicted molar refractivity (Wildman–Crippen MR) is 75.9 cm³/mol. The third-order valence-electron chi connectivity index (χ3n) is 2.97. The zero-order valence-electron chi connectivity index (χ0n) is 10.6. The van der Waals surface area contributed by atoms with Gasteiger partial charge in [-0.3, -0.25) is 0 Å². The molecule has 19 heavy (non-hydrogen) atoms. The minimum Gasteiger partial charge on any atom is -0.367 e. The molecule has 0 amide bonds. The molecule has 1 N–H and O–H groups in total. The number of hydrogen-bond donors (Lipinski definition) is 1. The highest BCUT2D eigenvalue weighted by Gasteiger charge is 2.22. The molecule has 0 unspecified atom stereocenters. The second-order valence-electron chi connectivity index (χ2n) is 4.52. The molecule has 0 spiro atoms. The minimum absolute atomic E-state index is 0.259.